The zero-order valence-electron chi connectivity index (χ0n) is 12.1. The van der Waals surface area contributed by atoms with Crippen LogP contribution in [-0.2, 0) is 14.8 Å². The highest BCUT2D eigenvalue weighted by molar-refractivity contribution is 7.89. The van der Waals surface area contributed by atoms with Gasteiger partial charge in [-0.3, -0.25) is 4.79 Å². The summed E-state index contributed by atoms with van der Waals surface area (Å²) in [7, 11) is -3.87. The molecule has 0 atom stereocenters. The molecule has 0 fully saturated rings. The Labute approximate surface area is 144 Å². The van der Waals surface area contributed by atoms with Crippen LogP contribution in [0.1, 0.15) is 5.56 Å². The van der Waals surface area contributed by atoms with E-state index in [1.807, 2.05) is 0 Å². The van der Waals surface area contributed by atoms with Gasteiger partial charge in [0, 0.05) is 10.7 Å². The second-order valence-corrected chi connectivity index (χ2v) is 7.34. The highest BCUT2D eigenvalue weighted by Crippen LogP contribution is 2.21. The van der Waals surface area contributed by atoms with Crippen molar-refractivity contribution in [2.24, 2.45) is 0 Å². The molecule has 0 spiro atoms. The fraction of sp³-hybridized carbons (Fsp3) is 0.133. The Morgan fingerprint density at radius 3 is 2.52 bits per heavy atom. The minimum absolute atomic E-state index is 0.0756. The Hall–Kier alpha value is -1.60. The Morgan fingerprint density at radius 2 is 1.83 bits per heavy atom. The molecule has 8 heteroatoms. The predicted molar refractivity (Wildman–Crippen MR) is 91.5 cm³/mol. The number of carbonyl (C=O) groups excluding carboxylic acids is 1. The second-order valence-electron chi connectivity index (χ2n) is 4.76. The zero-order valence-corrected chi connectivity index (χ0v) is 14.5. The predicted octanol–water partition coefficient (Wildman–Crippen LogP) is 3.22. The van der Waals surface area contributed by atoms with E-state index in [9.17, 15) is 13.2 Å². The van der Waals surface area contributed by atoms with Gasteiger partial charge in [0.1, 0.15) is 4.90 Å². The number of halogens is 2. The van der Waals surface area contributed by atoms with Gasteiger partial charge in [0.05, 0.1) is 11.6 Å². The summed E-state index contributed by atoms with van der Waals surface area (Å²) >= 11 is 11.7. The molecular formula is C15H14Cl2N2O3S. The van der Waals surface area contributed by atoms with Crippen molar-refractivity contribution in [2.75, 3.05) is 11.9 Å². The van der Waals surface area contributed by atoms with E-state index in [2.05, 4.69) is 10.0 Å². The highest BCUT2D eigenvalue weighted by Gasteiger charge is 2.18. The molecule has 2 rings (SSSR count). The molecule has 0 aromatic heterocycles. The van der Waals surface area contributed by atoms with E-state index >= 15 is 0 Å². The van der Waals surface area contributed by atoms with Crippen molar-refractivity contribution in [2.45, 2.75) is 11.8 Å². The number of hydrogen-bond acceptors (Lipinski definition) is 3. The Morgan fingerprint density at radius 1 is 1.13 bits per heavy atom. The summed E-state index contributed by atoms with van der Waals surface area (Å²) in [6.07, 6.45) is 0. The van der Waals surface area contributed by atoms with E-state index in [1.54, 1.807) is 37.3 Å². The molecule has 122 valence electrons. The average Bonchev–Trinajstić information content (AvgIpc) is 2.49. The number of nitrogens with one attached hydrogen (secondary N) is 2. The van der Waals surface area contributed by atoms with Crippen molar-refractivity contribution in [1.82, 2.24) is 4.72 Å². The Balaban J connectivity index is 2.04. The molecule has 0 aliphatic heterocycles. The van der Waals surface area contributed by atoms with Gasteiger partial charge in [-0.1, -0.05) is 41.4 Å². The summed E-state index contributed by atoms with van der Waals surface area (Å²) < 4.78 is 26.5. The van der Waals surface area contributed by atoms with Crippen molar-refractivity contribution < 1.29 is 13.2 Å². The van der Waals surface area contributed by atoms with Crippen molar-refractivity contribution >= 4 is 44.8 Å². The number of anilines is 1. The van der Waals surface area contributed by atoms with E-state index in [-0.39, 0.29) is 9.92 Å². The summed E-state index contributed by atoms with van der Waals surface area (Å²) in [5.41, 5.74) is 1.34. The van der Waals surface area contributed by atoms with Crippen LogP contribution in [0.5, 0.6) is 0 Å². The molecule has 0 heterocycles. The van der Waals surface area contributed by atoms with Gasteiger partial charge in [-0.15, -0.1) is 0 Å². The molecular weight excluding hydrogens is 359 g/mol. The van der Waals surface area contributed by atoms with E-state index in [0.29, 0.717) is 10.7 Å². The van der Waals surface area contributed by atoms with Gasteiger partial charge in [0.2, 0.25) is 15.9 Å². The Bertz CT molecular complexity index is 838. The first-order chi connectivity index (χ1) is 10.8. The molecule has 1 amide bonds. The van der Waals surface area contributed by atoms with Gasteiger partial charge in [-0.2, -0.15) is 0 Å². The van der Waals surface area contributed by atoms with Crippen LogP contribution in [0, 0.1) is 6.92 Å². The topological polar surface area (TPSA) is 75.3 Å². The van der Waals surface area contributed by atoms with E-state index in [4.69, 9.17) is 23.2 Å². The van der Waals surface area contributed by atoms with E-state index < -0.39 is 22.5 Å². The van der Waals surface area contributed by atoms with Crippen LogP contribution < -0.4 is 10.0 Å². The average molecular weight is 373 g/mol. The van der Waals surface area contributed by atoms with Gasteiger partial charge >= 0.3 is 0 Å². The Kier molecular flexibility index (Phi) is 5.64. The van der Waals surface area contributed by atoms with Gasteiger partial charge in [0.15, 0.2) is 0 Å². The number of benzene rings is 2. The van der Waals surface area contributed by atoms with Gasteiger partial charge in [0.25, 0.3) is 0 Å². The lowest BCUT2D eigenvalue weighted by molar-refractivity contribution is -0.115. The van der Waals surface area contributed by atoms with Crippen LogP contribution in [0.4, 0.5) is 5.69 Å². The molecule has 0 saturated heterocycles. The minimum Gasteiger partial charge on any atom is -0.325 e. The number of aryl methyl sites for hydroxylation is 1. The third kappa shape index (κ3) is 4.68. The van der Waals surface area contributed by atoms with Crippen LogP contribution in [0.3, 0.4) is 0 Å². The van der Waals surface area contributed by atoms with Gasteiger partial charge in [-0.25, -0.2) is 13.1 Å². The fourth-order valence-corrected chi connectivity index (χ4v) is 3.50. The lowest BCUT2D eigenvalue weighted by atomic mass is 10.2. The van der Waals surface area contributed by atoms with Crippen molar-refractivity contribution in [3.63, 3.8) is 0 Å². The molecule has 0 unspecified atom stereocenters. The molecule has 2 aromatic carbocycles. The number of hydrogen-bond donors (Lipinski definition) is 2. The first-order valence-corrected chi connectivity index (χ1v) is 8.84. The van der Waals surface area contributed by atoms with Crippen LogP contribution in [0.15, 0.2) is 47.4 Å². The zero-order chi connectivity index (χ0) is 17.0. The van der Waals surface area contributed by atoms with Crippen LogP contribution in [0.25, 0.3) is 0 Å². The monoisotopic (exact) mass is 372 g/mol. The maximum absolute atomic E-state index is 12.1. The summed E-state index contributed by atoms with van der Waals surface area (Å²) in [6.45, 7) is 1.39. The van der Waals surface area contributed by atoms with Gasteiger partial charge < -0.3 is 5.32 Å². The van der Waals surface area contributed by atoms with Crippen LogP contribution in [0.2, 0.25) is 10.0 Å². The molecule has 5 nitrogen and oxygen atoms in total. The highest BCUT2D eigenvalue weighted by atomic mass is 35.5. The first kappa shape index (κ1) is 17.7. The molecule has 0 saturated carbocycles. The quantitative estimate of drug-likeness (QED) is 0.845. The molecule has 0 aliphatic rings. The summed E-state index contributed by atoms with van der Waals surface area (Å²) in [6, 6.07) is 11.1. The smallest absolute Gasteiger partial charge is 0.242 e. The fourth-order valence-electron chi connectivity index (χ4n) is 1.82. The van der Waals surface area contributed by atoms with Crippen molar-refractivity contribution in [3.05, 3.63) is 58.1 Å². The van der Waals surface area contributed by atoms with Crippen molar-refractivity contribution in [1.29, 1.82) is 0 Å². The van der Waals surface area contributed by atoms with Crippen molar-refractivity contribution in [3.8, 4) is 0 Å². The standard InChI is InChI=1S/C15H14Cl2N2O3S/c1-10-6-7-11(16)8-13(10)19-15(20)9-18-23(21,22)14-5-3-2-4-12(14)17/h2-8,18H,9H2,1H3,(H,19,20). The van der Waals surface area contributed by atoms with Gasteiger partial charge in [-0.05, 0) is 36.8 Å². The molecule has 2 N–H and O–H groups in total. The summed E-state index contributed by atoms with van der Waals surface area (Å²) in [5.74, 6) is -0.508. The summed E-state index contributed by atoms with van der Waals surface area (Å²) in [5, 5.41) is 3.17. The maximum atomic E-state index is 12.1. The number of carbonyl (C=O) groups is 1. The molecule has 0 aliphatic carbocycles. The molecule has 2 aromatic rings. The first-order valence-electron chi connectivity index (χ1n) is 6.60. The largest absolute Gasteiger partial charge is 0.325 e. The second kappa shape index (κ2) is 7.31. The normalized spacial score (nSPS) is 11.3. The molecule has 23 heavy (non-hydrogen) atoms. The number of rotatable bonds is 5. The van der Waals surface area contributed by atoms with E-state index in [0.717, 1.165) is 5.56 Å². The van der Waals surface area contributed by atoms with Crippen LogP contribution >= 0.6 is 23.2 Å². The summed E-state index contributed by atoms with van der Waals surface area (Å²) in [4.78, 5) is 11.8. The lowest BCUT2D eigenvalue weighted by Crippen LogP contribution is -2.33. The SMILES string of the molecule is Cc1ccc(Cl)cc1NC(=O)CNS(=O)(=O)c1ccccc1Cl. The van der Waals surface area contributed by atoms with E-state index in [1.165, 1.54) is 12.1 Å². The molecule has 0 bridgehead atoms. The number of sulfonamides is 1. The molecule has 0 radical (unpaired) electrons. The maximum Gasteiger partial charge on any atom is 0.242 e. The third-order valence-corrected chi connectivity index (χ3v) is 5.16. The minimum atomic E-state index is -3.87. The number of amides is 1. The lowest BCUT2D eigenvalue weighted by Gasteiger charge is -2.10. The van der Waals surface area contributed by atoms with Crippen LogP contribution in [-0.4, -0.2) is 20.9 Å². The third-order valence-electron chi connectivity index (χ3n) is 3.02.